The molecule has 2 aromatic rings. The molecule has 1 amide bonds. The monoisotopic (exact) mass is 378 g/mol. The minimum absolute atomic E-state index is 0.0516. The quantitative estimate of drug-likeness (QED) is 0.804. The van der Waals surface area contributed by atoms with Crippen LogP contribution in [0.5, 0.6) is 0 Å². The van der Waals surface area contributed by atoms with Gasteiger partial charge in [0, 0.05) is 17.2 Å². The van der Waals surface area contributed by atoms with Crippen LogP contribution in [0.2, 0.25) is 0 Å². The number of anilines is 1. The van der Waals surface area contributed by atoms with Crippen LogP contribution in [0.3, 0.4) is 0 Å². The molecule has 0 radical (unpaired) electrons. The summed E-state index contributed by atoms with van der Waals surface area (Å²) in [6.07, 6.45) is 1.88. The molecule has 0 aromatic heterocycles. The van der Waals surface area contributed by atoms with E-state index in [-0.39, 0.29) is 24.1 Å². The molecule has 0 aliphatic rings. The maximum atomic E-state index is 13.9. The van der Waals surface area contributed by atoms with Crippen molar-refractivity contribution in [2.75, 3.05) is 10.6 Å². The first-order valence-corrected chi connectivity index (χ1v) is 10.2. The highest BCUT2D eigenvalue weighted by molar-refractivity contribution is 7.92. The van der Waals surface area contributed by atoms with Gasteiger partial charge in [0.1, 0.15) is 5.82 Å². The zero-order chi connectivity index (χ0) is 19.3. The highest BCUT2D eigenvalue weighted by Gasteiger charge is 2.20. The van der Waals surface area contributed by atoms with Crippen molar-refractivity contribution in [1.29, 1.82) is 0 Å². The predicted octanol–water partition coefficient (Wildman–Crippen LogP) is 3.32. The van der Waals surface area contributed by atoms with Crippen molar-refractivity contribution >= 4 is 21.6 Å². The van der Waals surface area contributed by atoms with Gasteiger partial charge in [-0.05, 0) is 43.7 Å². The van der Waals surface area contributed by atoms with Crippen LogP contribution in [0.4, 0.5) is 10.1 Å². The number of nitrogens with zero attached hydrogens (tertiary/aromatic N) is 1. The van der Waals surface area contributed by atoms with Crippen molar-refractivity contribution < 1.29 is 17.6 Å². The fourth-order valence-electron chi connectivity index (χ4n) is 2.37. The van der Waals surface area contributed by atoms with Crippen molar-refractivity contribution in [3.63, 3.8) is 0 Å². The maximum Gasteiger partial charge on any atom is 0.251 e. The maximum absolute atomic E-state index is 13.9. The van der Waals surface area contributed by atoms with E-state index in [1.54, 1.807) is 42.5 Å². The van der Waals surface area contributed by atoms with Gasteiger partial charge in [0.15, 0.2) is 0 Å². The molecule has 0 bridgehead atoms. The van der Waals surface area contributed by atoms with Crippen LogP contribution < -0.4 is 9.62 Å². The summed E-state index contributed by atoms with van der Waals surface area (Å²) in [7, 11) is -3.62. The van der Waals surface area contributed by atoms with Gasteiger partial charge in [-0.3, -0.25) is 9.10 Å². The van der Waals surface area contributed by atoms with Gasteiger partial charge in [-0.1, -0.05) is 25.1 Å². The minimum Gasteiger partial charge on any atom is -0.350 e. The number of nitrogens with one attached hydrogen (secondary N) is 1. The van der Waals surface area contributed by atoms with Gasteiger partial charge in [0.05, 0.1) is 18.5 Å². The molecule has 0 aliphatic heterocycles. The summed E-state index contributed by atoms with van der Waals surface area (Å²) in [4.78, 5) is 12.1. The standard InChI is InChI=1S/C19H23FN2O3S/c1-4-14(2)21-19(23)15-9-11-17(12-10-15)22(26(3,24)25)13-16-7-5-6-8-18(16)20/h5-12,14H,4,13H2,1-3H3,(H,21,23)/t14-/m0/s1. The number of hydrogen-bond acceptors (Lipinski definition) is 3. The second-order valence-electron chi connectivity index (χ2n) is 6.19. The average molecular weight is 378 g/mol. The van der Waals surface area contributed by atoms with Gasteiger partial charge < -0.3 is 5.32 Å². The molecule has 0 heterocycles. The van der Waals surface area contributed by atoms with Crippen LogP contribution in [-0.4, -0.2) is 26.6 Å². The van der Waals surface area contributed by atoms with Crippen LogP contribution in [0.15, 0.2) is 48.5 Å². The Morgan fingerprint density at radius 1 is 1.15 bits per heavy atom. The molecule has 0 aliphatic carbocycles. The summed E-state index contributed by atoms with van der Waals surface area (Å²) in [6, 6.07) is 12.3. The summed E-state index contributed by atoms with van der Waals surface area (Å²) in [5.74, 6) is -0.684. The predicted molar refractivity (Wildman–Crippen MR) is 101 cm³/mol. The van der Waals surface area contributed by atoms with Crippen LogP contribution in [0, 0.1) is 5.82 Å². The van der Waals surface area contributed by atoms with Crippen molar-refractivity contribution in [2.45, 2.75) is 32.9 Å². The Morgan fingerprint density at radius 3 is 2.31 bits per heavy atom. The molecule has 0 saturated heterocycles. The SMILES string of the molecule is CC[C@H](C)NC(=O)c1ccc(N(Cc2ccccc2F)S(C)(=O)=O)cc1. The first kappa shape index (κ1) is 19.9. The first-order valence-electron chi connectivity index (χ1n) is 8.34. The van der Waals surface area contributed by atoms with E-state index < -0.39 is 15.8 Å². The molecule has 0 saturated carbocycles. The third kappa shape index (κ3) is 5.05. The highest BCUT2D eigenvalue weighted by Crippen LogP contribution is 2.22. The molecule has 26 heavy (non-hydrogen) atoms. The third-order valence-corrected chi connectivity index (χ3v) is 5.22. The molecule has 1 atom stereocenters. The van der Waals surface area contributed by atoms with Crippen molar-refractivity contribution in [3.8, 4) is 0 Å². The zero-order valence-corrected chi connectivity index (χ0v) is 15.9. The van der Waals surface area contributed by atoms with E-state index in [1.165, 1.54) is 6.07 Å². The van der Waals surface area contributed by atoms with Gasteiger partial charge in [-0.15, -0.1) is 0 Å². The lowest BCUT2D eigenvalue weighted by Crippen LogP contribution is -2.32. The normalized spacial score (nSPS) is 12.5. The molecule has 7 heteroatoms. The largest absolute Gasteiger partial charge is 0.350 e. The number of benzene rings is 2. The van der Waals surface area contributed by atoms with E-state index in [1.807, 2.05) is 13.8 Å². The fraction of sp³-hybridized carbons (Fsp3) is 0.316. The Hall–Kier alpha value is -2.41. The van der Waals surface area contributed by atoms with Gasteiger partial charge in [-0.2, -0.15) is 0 Å². The molecule has 140 valence electrons. The van der Waals surface area contributed by atoms with Crippen LogP contribution in [-0.2, 0) is 16.6 Å². The topological polar surface area (TPSA) is 66.5 Å². The number of hydrogen-bond donors (Lipinski definition) is 1. The van der Waals surface area contributed by atoms with Gasteiger partial charge in [0.2, 0.25) is 10.0 Å². The molecular formula is C19H23FN2O3S. The summed E-state index contributed by atoms with van der Waals surface area (Å²) in [5.41, 5.74) is 1.08. The second kappa shape index (κ2) is 8.31. The lowest BCUT2D eigenvalue weighted by Gasteiger charge is -2.23. The fourth-order valence-corrected chi connectivity index (χ4v) is 3.25. The number of rotatable bonds is 7. The summed E-state index contributed by atoms with van der Waals surface area (Å²) in [5, 5.41) is 2.85. The Balaban J connectivity index is 2.27. The molecule has 2 aromatic carbocycles. The van der Waals surface area contributed by atoms with E-state index in [4.69, 9.17) is 0 Å². The van der Waals surface area contributed by atoms with Gasteiger partial charge in [0.25, 0.3) is 5.91 Å². The zero-order valence-electron chi connectivity index (χ0n) is 15.1. The Kier molecular flexibility index (Phi) is 6.37. The first-order chi connectivity index (χ1) is 12.2. The van der Waals surface area contributed by atoms with Gasteiger partial charge in [-0.25, -0.2) is 12.8 Å². The van der Waals surface area contributed by atoms with E-state index in [2.05, 4.69) is 5.32 Å². The Morgan fingerprint density at radius 2 is 1.77 bits per heavy atom. The molecular weight excluding hydrogens is 355 g/mol. The van der Waals surface area contributed by atoms with Crippen molar-refractivity contribution in [1.82, 2.24) is 5.32 Å². The molecule has 0 unspecified atom stereocenters. The van der Waals surface area contributed by atoms with Crippen LogP contribution in [0.1, 0.15) is 36.2 Å². The number of amides is 1. The summed E-state index contributed by atoms with van der Waals surface area (Å²) < 4.78 is 39.4. The van der Waals surface area contributed by atoms with Gasteiger partial charge >= 0.3 is 0 Å². The highest BCUT2D eigenvalue weighted by atomic mass is 32.2. The smallest absolute Gasteiger partial charge is 0.251 e. The van der Waals surface area contributed by atoms with E-state index in [9.17, 15) is 17.6 Å². The number of halogens is 1. The van der Waals surface area contributed by atoms with E-state index in [0.29, 0.717) is 11.3 Å². The molecule has 5 nitrogen and oxygen atoms in total. The van der Waals surface area contributed by atoms with Crippen LogP contribution in [0.25, 0.3) is 0 Å². The summed E-state index contributed by atoms with van der Waals surface area (Å²) >= 11 is 0. The molecule has 0 fully saturated rings. The van der Waals surface area contributed by atoms with Crippen molar-refractivity contribution in [3.05, 3.63) is 65.5 Å². The molecule has 2 rings (SSSR count). The summed E-state index contributed by atoms with van der Waals surface area (Å²) in [6.45, 7) is 3.76. The molecule has 1 N–H and O–H groups in total. The van der Waals surface area contributed by atoms with E-state index >= 15 is 0 Å². The Bertz CT molecular complexity index is 867. The van der Waals surface area contributed by atoms with Crippen molar-refractivity contribution in [2.24, 2.45) is 0 Å². The third-order valence-electron chi connectivity index (χ3n) is 4.08. The second-order valence-corrected chi connectivity index (χ2v) is 8.10. The lowest BCUT2D eigenvalue weighted by atomic mass is 10.1. The molecule has 0 spiro atoms. The van der Waals surface area contributed by atoms with Crippen LogP contribution >= 0.6 is 0 Å². The van der Waals surface area contributed by atoms with E-state index in [0.717, 1.165) is 17.0 Å². The number of carbonyl (C=O) groups is 1. The number of carbonyl (C=O) groups excluding carboxylic acids is 1. The lowest BCUT2D eigenvalue weighted by molar-refractivity contribution is 0.0939. The average Bonchev–Trinajstić information content (AvgIpc) is 2.60. The Labute approximate surface area is 153 Å². The minimum atomic E-state index is -3.62. The number of sulfonamides is 1.